The van der Waals surface area contributed by atoms with E-state index in [1.54, 1.807) is 18.2 Å². The fourth-order valence-electron chi connectivity index (χ4n) is 4.63. The van der Waals surface area contributed by atoms with E-state index in [1.165, 1.54) is 14.8 Å². The van der Waals surface area contributed by atoms with Crippen molar-refractivity contribution in [1.82, 2.24) is 5.32 Å². The van der Waals surface area contributed by atoms with Gasteiger partial charge in [0.2, 0.25) is 5.91 Å². The molecule has 0 aromatic heterocycles. The normalized spacial score (nSPS) is 21.8. The average Bonchev–Trinajstić information content (AvgIpc) is 3.26. The monoisotopic (exact) mass is 422 g/mol. The number of sulfonamides is 1. The van der Waals surface area contributed by atoms with Gasteiger partial charge in [0.05, 0.1) is 29.7 Å². The Balaban J connectivity index is 1.26. The highest BCUT2D eigenvalue weighted by molar-refractivity contribution is 7.93. The van der Waals surface area contributed by atoms with E-state index < -0.39 is 10.0 Å². The molecule has 1 saturated heterocycles. The highest BCUT2D eigenvalue weighted by Crippen LogP contribution is 2.41. The maximum Gasteiger partial charge on any atom is 0.265 e. The molecule has 2 aliphatic rings. The first-order valence-electron chi connectivity index (χ1n) is 10.2. The fourth-order valence-corrected chi connectivity index (χ4v) is 6.30. The van der Waals surface area contributed by atoms with E-state index in [-0.39, 0.29) is 23.4 Å². The summed E-state index contributed by atoms with van der Waals surface area (Å²) in [6, 6.07) is 21.1. The molecule has 30 heavy (non-hydrogen) atoms. The highest BCUT2D eigenvalue weighted by Gasteiger charge is 2.37. The Hall–Kier alpha value is -2.90. The molecule has 1 amide bonds. The molecule has 0 radical (unpaired) electrons. The quantitative estimate of drug-likeness (QED) is 0.652. The predicted octanol–water partition coefficient (Wildman–Crippen LogP) is 1.32. The molecule has 5 rings (SSSR count). The van der Waals surface area contributed by atoms with Crippen LogP contribution in [-0.2, 0) is 21.4 Å². The third kappa shape index (κ3) is 3.34. The van der Waals surface area contributed by atoms with Crippen molar-refractivity contribution in [2.75, 3.05) is 23.9 Å². The average molecular weight is 423 g/mol. The van der Waals surface area contributed by atoms with Crippen LogP contribution < -0.4 is 14.5 Å². The van der Waals surface area contributed by atoms with E-state index in [2.05, 4.69) is 17.4 Å². The summed E-state index contributed by atoms with van der Waals surface area (Å²) in [5.41, 5.74) is 1.87. The van der Waals surface area contributed by atoms with Gasteiger partial charge in [-0.05, 0) is 17.5 Å². The molecule has 0 bridgehead atoms. The van der Waals surface area contributed by atoms with E-state index >= 15 is 0 Å². The summed E-state index contributed by atoms with van der Waals surface area (Å²) < 4.78 is 27.3. The van der Waals surface area contributed by atoms with Crippen molar-refractivity contribution in [2.24, 2.45) is 0 Å². The van der Waals surface area contributed by atoms with Gasteiger partial charge in [-0.15, -0.1) is 0 Å². The standard InChI is InChI=1S/C23H23N3O3S/c27-22(24-19-12-13-25(15-19)14-17-6-2-1-3-7-17)16-26-20-10-4-8-18-9-5-11-21(23(18)20)30(26,28)29/h1-11,19H,12-16H2,(H,24,27)/p+1/t19-/m1/s1. The van der Waals surface area contributed by atoms with Crippen molar-refractivity contribution in [3.63, 3.8) is 0 Å². The molecule has 3 aromatic rings. The summed E-state index contributed by atoms with van der Waals surface area (Å²) in [6.07, 6.45) is 0.899. The van der Waals surface area contributed by atoms with E-state index in [1.807, 2.05) is 36.4 Å². The number of anilines is 1. The Morgan fingerprint density at radius 2 is 1.80 bits per heavy atom. The molecule has 7 heteroatoms. The van der Waals surface area contributed by atoms with Crippen LogP contribution in [0.25, 0.3) is 10.8 Å². The topological polar surface area (TPSA) is 70.9 Å². The SMILES string of the molecule is O=C(CN1c2cccc3cccc(c23)S1(=O)=O)N[C@@H]1CC[NH+](Cc2ccccc2)C1. The molecule has 2 atom stereocenters. The first-order chi connectivity index (χ1) is 14.5. The summed E-state index contributed by atoms with van der Waals surface area (Å²) >= 11 is 0. The van der Waals surface area contributed by atoms with Gasteiger partial charge in [-0.1, -0.05) is 54.6 Å². The van der Waals surface area contributed by atoms with Gasteiger partial charge in [-0.25, -0.2) is 8.42 Å². The number of hydrogen-bond acceptors (Lipinski definition) is 3. The number of amides is 1. The molecule has 1 unspecified atom stereocenters. The van der Waals surface area contributed by atoms with Crippen molar-refractivity contribution >= 4 is 32.4 Å². The lowest BCUT2D eigenvalue weighted by Gasteiger charge is -2.20. The summed E-state index contributed by atoms with van der Waals surface area (Å²) in [7, 11) is -3.71. The largest absolute Gasteiger partial charge is 0.346 e. The lowest BCUT2D eigenvalue weighted by molar-refractivity contribution is -0.901. The zero-order valence-corrected chi connectivity index (χ0v) is 17.4. The van der Waals surface area contributed by atoms with Crippen LogP contribution in [0.2, 0.25) is 0 Å². The Labute approximate surface area is 176 Å². The van der Waals surface area contributed by atoms with Crippen LogP contribution in [0.5, 0.6) is 0 Å². The lowest BCUT2D eigenvalue weighted by Crippen LogP contribution is -3.09. The lowest BCUT2D eigenvalue weighted by atomic mass is 10.1. The number of benzene rings is 3. The second kappa shape index (κ2) is 7.41. The van der Waals surface area contributed by atoms with E-state index in [0.717, 1.165) is 31.4 Å². The first kappa shape index (κ1) is 19.1. The van der Waals surface area contributed by atoms with Crippen LogP contribution in [0.1, 0.15) is 12.0 Å². The molecule has 3 aromatic carbocycles. The minimum Gasteiger partial charge on any atom is -0.346 e. The van der Waals surface area contributed by atoms with Gasteiger partial charge in [0.1, 0.15) is 13.1 Å². The highest BCUT2D eigenvalue weighted by atomic mass is 32.2. The van der Waals surface area contributed by atoms with Gasteiger partial charge in [0.15, 0.2) is 0 Å². The smallest absolute Gasteiger partial charge is 0.265 e. The maximum absolute atomic E-state index is 13.0. The van der Waals surface area contributed by atoms with Crippen molar-refractivity contribution in [1.29, 1.82) is 0 Å². The number of hydrogen-bond donors (Lipinski definition) is 2. The second-order valence-electron chi connectivity index (χ2n) is 8.06. The minimum absolute atomic E-state index is 0.0692. The first-order valence-corrected chi connectivity index (χ1v) is 11.7. The number of nitrogens with zero attached hydrogens (tertiary/aromatic N) is 1. The molecule has 2 heterocycles. The molecule has 0 saturated carbocycles. The van der Waals surface area contributed by atoms with Crippen LogP contribution in [0.15, 0.2) is 71.6 Å². The van der Waals surface area contributed by atoms with E-state index in [4.69, 9.17) is 0 Å². The number of rotatable bonds is 5. The molecule has 1 fully saturated rings. The van der Waals surface area contributed by atoms with Crippen LogP contribution >= 0.6 is 0 Å². The minimum atomic E-state index is -3.71. The van der Waals surface area contributed by atoms with Gasteiger partial charge < -0.3 is 10.2 Å². The Kier molecular flexibility index (Phi) is 4.72. The Morgan fingerprint density at radius 1 is 1.03 bits per heavy atom. The van der Waals surface area contributed by atoms with Gasteiger partial charge in [0.25, 0.3) is 10.0 Å². The van der Waals surface area contributed by atoms with Crippen molar-refractivity contribution in [2.45, 2.75) is 23.9 Å². The predicted molar refractivity (Wildman–Crippen MR) is 116 cm³/mol. The molecule has 2 aliphatic heterocycles. The number of likely N-dealkylation sites (tertiary alicyclic amines) is 1. The second-order valence-corrected chi connectivity index (χ2v) is 9.89. The fraction of sp³-hybridized carbons (Fsp3) is 0.261. The molecule has 0 aliphatic carbocycles. The summed E-state index contributed by atoms with van der Waals surface area (Å²) in [5, 5.41) is 4.62. The van der Waals surface area contributed by atoms with Crippen LogP contribution in [0, 0.1) is 0 Å². The molecular weight excluding hydrogens is 398 g/mol. The summed E-state index contributed by atoms with van der Waals surface area (Å²) in [4.78, 5) is 14.5. The van der Waals surface area contributed by atoms with Gasteiger partial charge in [0, 0.05) is 17.4 Å². The number of quaternary nitrogens is 1. The summed E-state index contributed by atoms with van der Waals surface area (Å²) in [5.74, 6) is -0.255. The third-order valence-electron chi connectivity index (χ3n) is 6.01. The van der Waals surface area contributed by atoms with Gasteiger partial charge in [-0.3, -0.25) is 9.10 Å². The number of carbonyl (C=O) groups is 1. The molecule has 2 N–H and O–H groups in total. The van der Waals surface area contributed by atoms with Gasteiger partial charge >= 0.3 is 0 Å². The van der Waals surface area contributed by atoms with Gasteiger partial charge in [-0.2, -0.15) is 0 Å². The third-order valence-corrected chi connectivity index (χ3v) is 7.81. The van der Waals surface area contributed by atoms with Crippen molar-refractivity contribution in [3.8, 4) is 0 Å². The van der Waals surface area contributed by atoms with Crippen molar-refractivity contribution in [3.05, 3.63) is 72.3 Å². The van der Waals surface area contributed by atoms with E-state index in [9.17, 15) is 13.2 Å². The molecule has 6 nitrogen and oxygen atoms in total. The van der Waals surface area contributed by atoms with Crippen molar-refractivity contribution < 1.29 is 18.1 Å². The number of carbonyl (C=O) groups excluding carboxylic acids is 1. The zero-order valence-electron chi connectivity index (χ0n) is 16.5. The molecule has 154 valence electrons. The number of nitrogens with one attached hydrogen (secondary N) is 2. The summed E-state index contributed by atoms with van der Waals surface area (Å²) in [6.45, 7) is 2.58. The zero-order chi connectivity index (χ0) is 20.7. The van der Waals surface area contributed by atoms with Crippen LogP contribution in [-0.4, -0.2) is 40.0 Å². The Bertz CT molecular complexity index is 1210. The maximum atomic E-state index is 13.0. The molecular formula is C23H24N3O3S+. The Morgan fingerprint density at radius 3 is 2.60 bits per heavy atom. The van der Waals surface area contributed by atoms with Crippen LogP contribution in [0.3, 0.4) is 0 Å². The van der Waals surface area contributed by atoms with Crippen LogP contribution in [0.4, 0.5) is 5.69 Å². The molecule has 0 spiro atoms. The van der Waals surface area contributed by atoms with E-state index in [0.29, 0.717) is 11.1 Å².